The van der Waals surface area contributed by atoms with E-state index in [-0.39, 0.29) is 12.5 Å². The van der Waals surface area contributed by atoms with Gasteiger partial charge in [-0.3, -0.25) is 4.79 Å². The lowest BCUT2D eigenvalue weighted by Gasteiger charge is -2.22. The average Bonchev–Trinajstić information content (AvgIpc) is 3.19. The highest BCUT2D eigenvalue weighted by Crippen LogP contribution is 2.29. The van der Waals surface area contributed by atoms with Gasteiger partial charge in [0.15, 0.2) is 0 Å². The second-order valence-corrected chi connectivity index (χ2v) is 4.75. The fourth-order valence-corrected chi connectivity index (χ4v) is 2.15. The molecule has 0 spiro atoms. The van der Waals surface area contributed by atoms with E-state index >= 15 is 0 Å². The molecular formula is C14H20N2O2. The lowest BCUT2D eigenvalue weighted by Crippen LogP contribution is -2.35. The monoisotopic (exact) mass is 248 g/mol. The summed E-state index contributed by atoms with van der Waals surface area (Å²) >= 11 is 0. The first kappa shape index (κ1) is 12.9. The summed E-state index contributed by atoms with van der Waals surface area (Å²) in [6.45, 7) is 2.44. The molecule has 0 radical (unpaired) electrons. The third-order valence-electron chi connectivity index (χ3n) is 3.26. The SMILES string of the molecule is CNc1cc(C)ccc1C(=O)N(CCO)C1CC1. The smallest absolute Gasteiger partial charge is 0.256 e. The number of carbonyl (C=O) groups is 1. The Hall–Kier alpha value is -1.55. The summed E-state index contributed by atoms with van der Waals surface area (Å²) in [7, 11) is 1.82. The Morgan fingerprint density at radius 1 is 1.50 bits per heavy atom. The molecule has 1 fully saturated rings. The topological polar surface area (TPSA) is 52.6 Å². The zero-order chi connectivity index (χ0) is 13.1. The number of rotatable bonds is 5. The number of benzene rings is 1. The second-order valence-electron chi connectivity index (χ2n) is 4.75. The standard InChI is InChI=1S/C14H20N2O2/c1-10-3-6-12(13(9-10)15-2)14(18)16(7-8-17)11-4-5-11/h3,6,9,11,15,17H,4-5,7-8H2,1-2H3. The highest BCUT2D eigenvalue weighted by Gasteiger charge is 2.33. The Labute approximate surface area is 108 Å². The molecule has 4 nitrogen and oxygen atoms in total. The van der Waals surface area contributed by atoms with E-state index in [0.29, 0.717) is 18.2 Å². The van der Waals surface area contributed by atoms with Gasteiger partial charge in [0.2, 0.25) is 0 Å². The number of amides is 1. The molecule has 0 unspecified atom stereocenters. The van der Waals surface area contributed by atoms with Crippen LogP contribution in [0.2, 0.25) is 0 Å². The summed E-state index contributed by atoms with van der Waals surface area (Å²) in [5, 5.41) is 12.1. The molecule has 1 aliphatic rings. The molecule has 2 rings (SSSR count). The van der Waals surface area contributed by atoms with Gasteiger partial charge in [0.05, 0.1) is 12.2 Å². The molecule has 0 aromatic heterocycles. The van der Waals surface area contributed by atoms with Crippen molar-refractivity contribution in [3.8, 4) is 0 Å². The van der Waals surface area contributed by atoms with Crippen LogP contribution in [0.25, 0.3) is 0 Å². The Balaban J connectivity index is 2.26. The summed E-state index contributed by atoms with van der Waals surface area (Å²) < 4.78 is 0. The van der Waals surface area contributed by atoms with E-state index in [2.05, 4.69) is 5.32 Å². The lowest BCUT2D eigenvalue weighted by molar-refractivity contribution is 0.0708. The Morgan fingerprint density at radius 2 is 2.22 bits per heavy atom. The summed E-state index contributed by atoms with van der Waals surface area (Å²) in [5.41, 5.74) is 2.66. The molecule has 2 N–H and O–H groups in total. The van der Waals surface area contributed by atoms with Crippen LogP contribution in [-0.4, -0.2) is 42.2 Å². The van der Waals surface area contributed by atoms with Crippen molar-refractivity contribution >= 4 is 11.6 Å². The quantitative estimate of drug-likeness (QED) is 0.832. The first-order valence-electron chi connectivity index (χ1n) is 6.37. The van der Waals surface area contributed by atoms with Gasteiger partial charge in [-0.25, -0.2) is 0 Å². The Kier molecular flexibility index (Phi) is 3.87. The van der Waals surface area contributed by atoms with Gasteiger partial charge in [0.25, 0.3) is 5.91 Å². The molecule has 0 atom stereocenters. The number of aliphatic hydroxyl groups is 1. The van der Waals surface area contributed by atoms with E-state index in [4.69, 9.17) is 5.11 Å². The first-order valence-corrected chi connectivity index (χ1v) is 6.37. The van der Waals surface area contributed by atoms with Crippen LogP contribution < -0.4 is 5.32 Å². The number of hydrogen-bond acceptors (Lipinski definition) is 3. The van der Waals surface area contributed by atoms with Crippen LogP contribution in [0, 0.1) is 6.92 Å². The summed E-state index contributed by atoms with van der Waals surface area (Å²) in [5.74, 6) is 0.0101. The zero-order valence-corrected chi connectivity index (χ0v) is 10.9. The Morgan fingerprint density at radius 3 is 2.78 bits per heavy atom. The van der Waals surface area contributed by atoms with Crippen molar-refractivity contribution in [3.63, 3.8) is 0 Å². The van der Waals surface area contributed by atoms with Crippen molar-refractivity contribution in [2.24, 2.45) is 0 Å². The molecule has 18 heavy (non-hydrogen) atoms. The van der Waals surface area contributed by atoms with Gasteiger partial charge in [0, 0.05) is 25.3 Å². The second kappa shape index (κ2) is 5.40. The predicted octanol–water partition coefficient (Wildman–Crippen LogP) is 1.63. The molecule has 1 aromatic rings. The van der Waals surface area contributed by atoms with E-state index in [9.17, 15) is 4.79 Å². The van der Waals surface area contributed by atoms with Crippen molar-refractivity contribution in [3.05, 3.63) is 29.3 Å². The largest absolute Gasteiger partial charge is 0.395 e. The molecule has 1 aliphatic carbocycles. The molecule has 0 aliphatic heterocycles. The third-order valence-corrected chi connectivity index (χ3v) is 3.26. The number of anilines is 1. The molecule has 1 amide bonds. The fraction of sp³-hybridized carbons (Fsp3) is 0.500. The minimum atomic E-state index is 0.0101. The van der Waals surface area contributed by atoms with Gasteiger partial charge >= 0.3 is 0 Å². The maximum absolute atomic E-state index is 12.5. The maximum atomic E-state index is 12.5. The molecule has 1 aromatic carbocycles. The van der Waals surface area contributed by atoms with Gasteiger partial charge in [-0.1, -0.05) is 6.07 Å². The molecule has 98 valence electrons. The number of nitrogens with one attached hydrogen (secondary N) is 1. The lowest BCUT2D eigenvalue weighted by atomic mass is 10.1. The number of carbonyl (C=O) groups excluding carboxylic acids is 1. The van der Waals surface area contributed by atoms with Crippen LogP contribution in [-0.2, 0) is 0 Å². The van der Waals surface area contributed by atoms with E-state index in [1.165, 1.54) is 0 Å². The predicted molar refractivity (Wildman–Crippen MR) is 71.9 cm³/mol. The van der Waals surface area contributed by atoms with Crippen molar-refractivity contribution in [2.45, 2.75) is 25.8 Å². The van der Waals surface area contributed by atoms with E-state index in [0.717, 1.165) is 24.1 Å². The van der Waals surface area contributed by atoms with E-state index in [1.54, 1.807) is 4.90 Å². The molecule has 0 heterocycles. The third kappa shape index (κ3) is 2.64. The van der Waals surface area contributed by atoms with Crippen molar-refractivity contribution in [1.29, 1.82) is 0 Å². The van der Waals surface area contributed by atoms with Crippen LogP contribution in [0.5, 0.6) is 0 Å². The molecule has 0 saturated heterocycles. The van der Waals surface area contributed by atoms with Crippen LogP contribution >= 0.6 is 0 Å². The van der Waals surface area contributed by atoms with Crippen molar-refractivity contribution in [2.75, 3.05) is 25.5 Å². The van der Waals surface area contributed by atoms with Crippen LogP contribution in [0.3, 0.4) is 0 Å². The number of aryl methyl sites for hydroxylation is 1. The van der Waals surface area contributed by atoms with Gasteiger partial charge in [-0.2, -0.15) is 0 Å². The molecule has 0 bridgehead atoms. The fourth-order valence-electron chi connectivity index (χ4n) is 2.15. The van der Waals surface area contributed by atoms with Gasteiger partial charge < -0.3 is 15.3 Å². The molecular weight excluding hydrogens is 228 g/mol. The highest BCUT2D eigenvalue weighted by molar-refractivity contribution is 6.00. The Bertz CT molecular complexity index is 441. The average molecular weight is 248 g/mol. The number of nitrogens with zero attached hydrogens (tertiary/aromatic N) is 1. The van der Waals surface area contributed by atoms with Gasteiger partial charge in [-0.15, -0.1) is 0 Å². The van der Waals surface area contributed by atoms with Gasteiger partial charge in [-0.05, 0) is 37.5 Å². The zero-order valence-electron chi connectivity index (χ0n) is 10.9. The van der Waals surface area contributed by atoms with Crippen LogP contribution in [0.4, 0.5) is 5.69 Å². The maximum Gasteiger partial charge on any atom is 0.256 e. The van der Waals surface area contributed by atoms with E-state index < -0.39 is 0 Å². The van der Waals surface area contributed by atoms with Crippen LogP contribution in [0.1, 0.15) is 28.8 Å². The number of aliphatic hydroxyl groups excluding tert-OH is 1. The minimum Gasteiger partial charge on any atom is -0.395 e. The first-order chi connectivity index (χ1) is 8.67. The molecule has 4 heteroatoms. The highest BCUT2D eigenvalue weighted by atomic mass is 16.3. The van der Waals surface area contributed by atoms with Crippen LogP contribution in [0.15, 0.2) is 18.2 Å². The molecule has 1 saturated carbocycles. The van der Waals surface area contributed by atoms with Crippen molar-refractivity contribution < 1.29 is 9.90 Å². The minimum absolute atomic E-state index is 0.0101. The normalized spacial score (nSPS) is 14.4. The number of hydrogen-bond donors (Lipinski definition) is 2. The summed E-state index contributed by atoms with van der Waals surface area (Å²) in [4.78, 5) is 14.3. The summed E-state index contributed by atoms with van der Waals surface area (Å²) in [6, 6.07) is 6.08. The summed E-state index contributed by atoms with van der Waals surface area (Å²) in [6.07, 6.45) is 2.10. The van der Waals surface area contributed by atoms with Gasteiger partial charge in [0.1, 0.15) is 0 Å². The van der Waals surface area contributed by atoms with E-state index in [1.807, 2.05) is 32.2 Å². The van der Waals surface area contributed by atoms with Crippen molar-refractivity contribution in [1.82, 2.24) is 4.90 Å².